The topological polar surface area (TPSA) is 46.5 Å². The number of benzene rings is 2. The molecule has 0 radical (unpaired) electrons. The van der Waals surface area contributed by atoms with Crippen molar-refractivity contribution in [2.24, 2.45) is 0 Å². The van der Waals surface area contributed by atoms with Gasteiger partial charge in [0.25, 0.3) is 0 Å². The van der Waals surface area contributed by atoms with Crippen LogP contribution in [0.2, 0.25) is 0 Å². The quantitative estimate of drug-likeness (QED) is 0.621. The van der Waals surface area contributed by atoms with E-state index in [1.165, 1.54) is 5.56 Å². The van der Waals surface area contributed by atoms with Crippen LogP contribution >= 0.6 is 0 Å². The fourth-order valence-corrected chi connectivity index (χ4v) is 2.50. The summed E-state index contributed by atoms with van der Waals surface area (Å²) < 4.78 is 2.05. The minimum absolute atomic E-state index is 0.814. The molecule has 4 rings (SSSR count). The Bertz CT molecular complexity index is 842. The fourth-order valence-electron chi connectivity index (χ4n) is 2.50. The zero-order valence-electron chi connectivity index (χ0n) is 11.4. The molecule has 0 aliphatic rings. The Labute approximate surface area is 122 Å². The van der Waals surface area contributed by atoms with E-state index in [9.17, 15) is 0 Å². The van der Waals surface area contributed by atoms with Gasteiger partial charge in [0.2, 0.25) is 0 Å². The lowest BCUT2D eigenvalue weighted by atomic mass is 10.1. The third-order valence-electron chi connectivity index (χ3n) is 3.51. The standard InChI is InChI=1S/C17H14N4/c1-2-7-16-15(6-1)19-17(20-16)14-5-3-4-13(10-14)11-21-9-8-18-12-21/h1-10,12H,11H2,(H,19,20). The SMILES string of the molecule is c1cc(Cn2ccnc2)cc(-c2nc3ccccc3[nH]2)c1. The van der Waals surface area contributed by atoms with Crippen molar-refractivity contribution in [1.82, 2.24) is 19.5 Å². The molecular weight excluding hydrogens is 260 g/mol. The highest BCUT2D eigenvalue weighted by atomic mass is 15.0. The van der Waals surface area contributed by atoms with Gasteiger partial charge in [-0.3, -0.25) is 0 Å². The van der Waals surface area contributed by atoms with Crippen molar-refractivity contribution in [3.8, 4) is 11.4 Å². The molecule has 102 valence electrons. The fraction of sp³-hybridized carbons (Fsp3) is 0.0588. The van der Waals surface area contributed by atoms with E-state index in [1.54, 1.807) is 6.20 Å². The van der Waals surface area contributed by atoms with Gasteiger partial charge in [-0.1, -0.05) is 30.3 Å². The van der Waals surface area contributed by atoms with Gasteiger partial charge < -0.3 is 9.55 Å². The summed E-state index contributed by atoms with van der Waals surface area (Å²) in [5, 5.41) is 0. The number of hydrogen-bond acceptors (Lipinski definition) is 2. The maximum Gasteiger partial charge on any atom is 0.138 e. The van der Waals surface area contributed by atoms with E-state index < -0.39 is 0 Å². The van der Waals surface area contributed by atoms with Crippen molar-refractivity contribution in [2.45, 2.75) is 6.54 Å². The molecule has 0 bridgehead atoms. The second kappa shape index (κ2) is 4.90. The second-order valence-electron chi connectivity index (χ2n) is 5.04. The predicted octanol–water partition coefficient (Wildman–Crippen LogP) is 3.47. The number of fused-ring (bicyclic) bond motifs is 1. The lowest BCUT2D eigenvalue weighted by molar-refractivity contribution is 0.797. The number of imidazole rings is 2. The average Bonchev–Trinajstić information content (AvgIpc) is 3.16. The molecule has 2 aromatic carbocycles. The third kappa shape index (κ3) is 2.31. The molecule has 0 spiro atoms. The van der Waals surface area contributed by atoms with Crippen LogP contribution in [0, 0.1) is 0 Å². The molecule has 0 saturated heterocycles. The monoisotopic (exact) mass is 274 g/mol. The highest BCUT2D eigenvalue weighted by molar-refractivity contribution is 5.79. The predicted molar refractivity (Wildman–Crippen MR) is 82.9 cm³/mol. The third-order valence-corrected chi connectivity index (χ3v) is 3.51. The summed E-state index contributed by atoms with van der Waals surface area (Å²) in [6, 6.07) is 16.5. The van der Waals surface area contributed by atoms with Crippen molar-refractivity contribution in [2.75, 3.05) is 0 Å². The number of aromatic nitrogens is 4. The van der Waals surface area contributed by atoms with Crippen LogP contribution in [-0.2, 0) is 6.54 Å². The van der Waals surface area contributed by atoms with Crippen molar-refractivity contribution in [3.63, 3.8) is 0 Å². The molecule has 0 atom stereocenters. The van der Waals surface area contributed by atoms with Gasteiger partial charge in [-0.2, -0.15) is 0 Å². The van der Waals surface area contributed by atoms with Crippen LogP contribution in [-0.4, -0.2) is 19.5 Å². The molecule has 0 fully saturated rings. The van der Waals surface area contributed by atoms with Crippen molar-refractivity contribution in [3.05, 3.63) is 72.8 Å². The normalized spacial score (nSPS) is 11.0. The van der Waals surface area contributed by atoms with E-state index in [4.69, 9.17) is 0 Å². The van der Waals surface area contributed by atoms with Crippen molar-refractivity contribution < 1.29 is 0 Å². The van der Waals surface area contributed by atoms with Gasteiger partial charge in [0, 0.05) is 24.5 Å². The second-order valence-corrected chi connectivity index (χ2v) is 5.04. The molecule has 21 heavy (non-hydrogen) atoms. The Balaban J connectivity index is 1.71. The van der Waals surface area contributed by atoms with Crippen molar-refractivity contribution in [1.29, 1.82) is 0 Å². The van der Waals surface area contributed by atoms with E-state index >= 15 is 0 Å². The van der Waals surface area contributed by atoms with Crippen LogP contribution in [0.5, 0.6) is 0 Å². The maximum atomic E-state index is 4.65. The van der Waals surface area contributed by atoms with Crippen LogP contribution in [0.4, 0.5) is 0 Å². The van der Waals surface area contributed by atoms with Gasteiger partial charge >= 0.3 is 0 Å². The van der Waals surface area contributed by atoms with Gasteiger partial charge in [-0.15, -0.1) is 0 Å². The molecule has 0 amide bonds. The number of H-pyrrole nitrogens is 1. The average molecular weight is 274 g/mol. The number of nitrogens with zero attached hydrogens (tertiary/aromatic N) is 3. The zero-order valence-corrected chi connectivity index (χ0v) is 11.4. The number of nitrogens with one attached hydrogen (secondary N) is 1. The number of para-hydroxylation sites is 2. The molecule has 0 unspecified atom stereocenters. The first kappa shape index (κ1) is 11.9. The van der Waals surface area contributed by atoms with E-state index in [-0.39, 0.29) is 0 Å². The number of aromatic amines is 1. The molecule has 0 aliphatic heterocycles. The highest BCUT2D eigenvalue weighted by Crippen LogP contribution is 2.21. The lowest BCUT2D eigenvalue weighted by Gasteiger charge is -2.04. The molecule has 1 N–H and O–H groups in total. The summed E-state index contributed by atoms with van der Waals surface area (Å²) in [7, 11) is 0. The molecule has 0 aliphatic carbocycles. The van der Waals surface area contributed by atoms with Gasteiger partial charge in [0.05, 0.1) is 17.4 Å². The number of rotatable bonds is 3. The lowest BCUT2D eigenvalue weighted by Crippen LogP contribution is -1.96. The smallest absolute Gasteiger partial charge is 0.138 e. The van der Waals surface area contributed by atoms with Gasteiger partial charge in [0.1, 0.15) is 5.82 Å². The summed E-state index contributed by atoms with van der Waals surface area (Å²) in [5.41, 5.74) is 4.38. The Hall–Kier alpha value is -2.88. The van der Waals surface area contributed by atoms with E-state index in [0.29, 0.717) is 0 Å². The number of hydrogen-bond donors (Lipinski definition) is 1. The van der Waals surface area contributed by atoms with E-state index in [2.05, 4.69) is 43.8 Å². The molecule has 4 heteroatoms. The Morgan fingerprint density at radius 1 is 1.05 bits per heavy atom. The first-order chi connectivity index (χ1) is 10.4. The first-order valence-electron chi connectivity index (χ1n) is 6.88. The van der Waals surface area contributed by atoms with Crippen LogP contribution in [0.1, 0.15) is 5.56 Å². The minimum atomic E-state index is 0.814. The molecule has 0 saturated carbocycles. The van der Waals surface area contributed by atoms with Crippen LogP contribution in [0.3, 0.4) is 0 Å². The Kier molecular flexibility index (Phi) is 2.78. The van der Waals surface area contributed by atoms with E-state index in [0.717, 1.165) is 29.0 Å². The zero-order chi connectivity index (χ0) is 14.1. The molecule has 2 heterocycles. The molecular formula is C17H14N4. The molecule has 4 nitrogen and oxygen atoms in total. The van der Waals surface area contributed by atoms with Crippen LogP contribution < -0.4 is 0 Å². The van der Waals surface area contributed by atoms with Crippen molar-refractivity contribution >= 4 is 11.0 Å². The maximum absolute atomic E-state index is 4.65. The summed E-state index contributed by atoms with van der Waals surface area (Å²) in [4.78, 5) is 12.1. The van der Waals surface area contributed by atoms with Crippen LogP contribution in [0.15, 0.2) is 67.3 Å². The summed E-state index contributed by atoms with van der Waals surface area (Å²) in [6.45, 7) is 0.814. The van der Waals surface area contributed by atoms with Gasteiger partial charge in [-0.05, 0) is 23.8 Å². The Morgan fingerprint density at radius 2 is 2.00 bits per heavy atom. The first-order valence-corrected chi connectivity index (χ1v) is 6.88. The van der Waals surface area contributed by atoms with Gasteiger partial charge in [0.15, 0.2) is 0 Å². The molecule has 4 aromatic rings. The van der Waals surface area contributed by atoms with Gasteiger partial charge in [-0.25, -0.2) is 9.97 Å². The minimum Gasteiger partial charge on any atom is -0.338 e. The van der Waals surface area contributed by atoms with E-state index in [1.807, 2.05) is 36.8 Å². The Morgan fingerprint density at radius 3 is 2.86 bits per heavy atom. The summed E-state index contributed by atoms with van der Waals surface area (Å²) in [5.74, 6) is 0.906. The molecule has 2 aromatic heterocycles. The highest BCUT2D eigenvalue weighted by Gasteiger charge is 2.05. The summed E-state index contributed by atoms with van der Waals surface area (Å²) >= 11 is 0. The largest absolute Gasteiger partial charge is 0.338 e. The summed E-state index contributed by atoms with van der Waals surface area (Å²) in [6.07, 6.45) is 5.59. The van der Waals surface area contributed by atoms with Crippen LogP contribution in [0.25, 0.3) is 22.4 Å².